The maximum Gasteiger partial charge on any atom is 0.328 e. The highest BCUT2D eigenvalue weighted by atomic mass is 32.1. The summed E-state index contributed by atoms with van der Waals surface area (Å²) in [5.41, 5.74) is -0.467. The number of aliphatic hydroxyl groups is 5. The molecule has 1 fully saturated rings. The normalized spacial score (nSPS) is 20.0. The van der Waals surface area contributed by atoms with Gasteiger partial charge in [-0.2, -0.15) is 0 Å². The van der Waals surface area contributed by atoms with Crippen LogP contribution < -0.4 is 5.69 Å². The summed E-state index contributed by atoms with van der Waals surface area (Å²) in [5.74, 6) is -2.96. The van der Waals surface area contributed by atoms with Crippen molar-refractivity contribution in [3.05, 3.63) is 26.9 Å². The Labute approximate surface area is 136 Å². The summed E-state index contributed by atoms with van der Waals surface area (Å²) in [4.78, 5) is 24.8. The molecule has 1 aliphatic rings. The van der Waals surface area contributed by atoms with Gasteiger partial charge in [-0.15, -0.1) is 0 Å². The number of aldehydes is 1. The quantitative estimate of drug-likeness (QED) is 0.210. The van der Waals surface area contributed by atoms with E-state index in [0.717, 1.165) is 18.8 Å². The minimum atomic E-state index is -2.96. The Morgan fingerprint density at radius 3 is 2.30 bits per heavy atom. The predicted octanol–water partition coefficient (Wildman–Crippen LogP) is -1.76. The van der Waals surface area contributed by atoms with Crippen LogP contribution in [0.25, 0.3) is 0 Å². The highest BCUT2D eigenvalue weighted by Gasteiger charge is 2.40. The largest absolute Gasteiger partial charge is 0.400 e. The smallest absolute Gasteiger partial charge is 0.328 e. The van der Waals surface area contributed by atoms with Gasteiger partial charge in [0, 0.05) is 20.4 Å². The standard InChI is InChI=1S/C10H12N2O6S.2CH4O/c13-4-5-3-12(9(14)11-8(5)19)7-2-1-6(18-7)10(15,16)17;2*1-2/h3-4,6-7,15-17H,1-2H2,(H,11,14,19);2*2H,1H3. The van der Waals surface area contributed by atoms with Gasteiger partial charge in [-0.05, 0) is 12.8 Å². The van der Waals surface area contributed by atoms with E-state index < -0.39 is 24.0 Å². The average molecular weight is 352 g/mol. The minimum Gasteiger partial charge on any atom is -0.400 e. The summed E-state index contributed by atoms with van der Waals surface area (Å²) in [6.45, 7) is 0. The number of carbonyl (C=O) groups excluding carboxylic acids is 1. The van der Waals surface area contributed by atoms with Gasteiger partial charge < -0.3 is 30.3 Å². The molecule has 2 atom stereocenters. The molecule has 0 spiro atoms. The molecule has 0 aliphatic carbocycles. The number of aromatic amines is 1. The molecule has 10 nitrogen and oxygen atoms in total. The Hall–Kier alpha value is -1.47. The van der Waals surface area contributed by atoms with Crippen LogP contribution in [-0.2, 0) is 4.74 Å². The van der Waals surface area contributed by atoms with Gasteiger partial charge in [0.1, 0.15) is 17.0 Å². The highest BCUT2D eigenvalue weighted by molar-refractivity contribution is 7.71. The lowest BCUT2D eigenvalue weighted by Gasteiger charge is -2.22. The molecule has 11 heteroatoms. The van der Waals surface area contributed by atoms with E-state index in [4.69, 9.17) is 42.5 Å². The lowest BCUT2D eigenvalue weighted by atomic mass is 10.2. The minimum absolute atomic E-state index is 0.0200. The number of hydrogen-bond donors (Lipinski definition) is 6. The first-order valence-electron chi connectivity index (χ1n) is 6.35. The van der Waals surface area contributed by atoms with Gasteiger partial charge in [0.15, 0.2) is 6.29 Å². The molecule has 1 aromatic rings. The van der Waals surface area contributed by atoms with Crippen LogP contribution in [0.1, 0.15) is 29.4 Å². The molecule has 2 rings (SSSR count). The van der Waals surface area contributed by atoms with E-state index in [1.165, 1.54) is 6.20 Å². The third kappa shape index (κ3) is 5.58. The number of carbonyl (C=O) groups is 1. The predicted molar refractivity (Wildman–Crippen MR) is 80.1 cm³/mol. The lowest BCUT2D eigenvalue weighted by molar-refractivity contribution is -0.360. The van der Waals surface area contributed by atoms with Crippen molar-refractivity contribution < 1.29 is 35.1 Å². The molecule has 6 N–H and O–H groups in total. The van der Waals surface area contributed by atoms with Gasteiger partial charge in [-0.25, -0.2) is 4.79 Å². The number of ether oxygens (including phenoxy) is 1. The maximum absolute atomic E-state index is 11.7. The van der Waals surface area contributed by atoms with Crippen molar-refractivity contribution in [1.29, 1.82) is 0 Å². The van der Waals surface area contributed by atoms with Crippen LogP contribution in [-0.4, -0.2) is 67.7 Å². The number of H-pyrrole nitrogens is 1. The van der Waals surface area contributed by atoms with Crippen molar-refractivity contribution in [2.24, 2.45) is 0 Å². The molecular weight excluding hydrogens is 332 g/mol. The third-order valence-corrected chi connectivity index (χ3v) is 3.20. The van der Waals surface area contributed by atoms with E-state index in [1.807, 2.05) is 0 Å². The molecule has 0 radical (unpaired) electrons. The monoisotopic (exact) mass is 352 g/mol. The van der Waals surface area contributed by atoms with E-state index >= 15 is 0 Å². The van der Waals surface area contributed by atoms with Crippen LogP contribution in [0.5, 0.6) is 0 Å². The van der Waals surface area contributed by atoms with Crippen LogP contribution in [0.3, 0.4) is 0 Å². The summed E-state index contributed by atoms with van der Waals surface area (Å²) in [5, 5.41) is 41.0. The molecular formula is C12H20N2O8S. The van der Waals surface area contributed by atoms with E-state index in [1.54, 1.807) is 0 Å². The zero-order chi connectivity index (χ0) is 18.2. The molecule has 1 aromatic heterocycles. The fraction of sp³-hybridized carbons (Fsp3) is 0.583. The summed E-state index contributed by atoms with van der Waals surface area (Å²) in [7, 11) is 2.00. The number of aromatic nitrogens is 2. The maximum atomic E-state index is 11.7. The molecule has 0 bridgehead atoms. The second kappa shape index (κ2) is 9.62. The molecule has 23 heavy (non-hydrogen) atoms. The van der Waals surface area contributed by atoms with Crippen LogP contribution >= 0.6 is 12.2 Å². The molecule has 0 amide bonds. The summed E-state index contributed by atoms with van der Waals surface area (Å²) < 4.78 is 6.28. The van der Waals surface area contributed by atoms with Crippen molar-refractivity contribution in [2.45, 2.75) is 31.1 Å². The van der Waals surface area contributed by atoms with E-state index in [9.17, 15) is 9.59 Å². The van der Waals surface area contributed by atoms with Crippen LogP contribution in [0, 0.1) is 4.64 Å². The van der Waals surface area contributed by atoms with Crippen molar-refractivity contribution in [2.75, 3.05) is 14.2 Å². The van der Waals surface area contributed by atoms with E-state index in [-0.39, 0.29) is 23.0 Å². The van der Waals surface area contributed by atoms with Gasteiger partial charge >= 0.3 is 11.7 Å². The summed E-state index contributed by atoms with van der Waals surface area (Å²) in [6.07, 6.45) is 0.106. The van der Waals surface area contributed by atoms with Crippen LogP contribution in [0.15, 0.2) is 11.0 Å². The molecule has 1 saturated heterocycles. The second-order valence-electron chi connectivity index (χ2n) is 4.21. The Morgan fingerprint density at radius 1 is 1.30 bits per heavy atom. The van der Waals surface area contributed by atoms with E-state index in [2.05, 4.69) is 4.98 Å². The fourth-order valence-electron chi connectivity index (χ4n) is 1.91. The molecule has 0 aromatic carbocycles. The third-order valence-electron chi connectivity index (χ3n) is 2.86. The molecule has 132 valence electrons. The average Bonchev–Trinajstić information content (AvgIpc) is 3.01. The SMILES string of the molecule is CO.CO.O=Cc1cn(C2CCC(C(O)(O)O)O2)c(=O)[nH]c1=S. The van der Waals surface area contributed by atoms with Gasteiger partial charge in [-0.3, -0.25) is 14.3 Å². The highest BCUT2D eigenvalue weighted by Crippen LogP contribution is 2.31. The number of rotatable bonds is 3. The number of hydrogen-bond acceptors (Lipinski definition) is 9. The van der Waals surface area contributed by atoms with Crippen molar-refractivity contribution in [1.82, 2.24) is 9.55 Å². The van der Waals surface area contributed by atoms with Crippen molar-refractivity contribution in [3.8, 4) is 0 Å². The summed E-state index contributed by atoms with van der Waals surface area (Å²) in [6, 6.07) is 0. The summed E-state index contributed by atoms with van der Waals surface area (Å²) >= 11 is 4.79. The number of nitrogens with one attached hydrogen (secondary N) is 1. The first kappa shape index (κ1) is 21.5. The van der Waals surface area contributed by atoms with Gasteiger partial charge in [0.05, 0.1) is 5.56 Å². The first-order valence-corrected chi connectivity index (χ1v) is 6.76. The first-order chi connectivity index (χ1) is 10.8. The van der Waals surface area contributed by atoms with Crippen molar-refractivity contribution >= 4 is 18.5 Å². The zero-order valence-electron chi connectivity index (χ0n) is 12.5. The van der Waals surface area contributed by atoms with Gasteiger partial charge in [0.25, 0.3) is 0 Å². The molecule has 2 heterocycles. The Balaban J connectivity index is 0.00000112. The van der Waals surface area contributed by atoms with Gasteiger partial charge in [-0.1, -0.05) is 12.2 Å². The number of nitrogens with zero attached hydrogens (tertiary/aromatic N) is 1. The Morgan fingerprint density at radius 2 is 1.87 bits per heavy atom. The Bertz CT molecular complexity index is 606. The molecule has 2 unspecified atom stereocenters. The van der Waals surface area contributed by atoms with Crippen LogP contribution in [0.2, 0.25) is 0 Å². The van der Waals surface area contributed by atoms with Crippen LogP contribution in [0.4, 0.5) is 0 Å². The van der Waals surface area contributed by atoms with E-state index in [0.29, 0.717) is 6.29 Å². The Kier molecular flexibility index (Phi) is 9.01. The zero-order valence-corrected chi connectivity index (χ0v) is 13.4. The lowest BCUT2D eigenvalue weighted by Crippen LogP contribution is -2.42. The topological polar surface area (TPSA) is 165 Å². The fourth-order valence-corrected chi connectivity index (χ4v) is 2.10. The van der Waals surface area contributed by atoms with Gasteiger partial charge in [0.2, 0.25) is 0 Å². The van der Waals surface area contributed by atoms with Crippen molar-refractivity contribution in [3.63, 3.8) is 0 Å². The number of aliphatic hydroxyl groups excluding tert-OH is 2. The molecule has 0 saturated carbocycles. The second-order valence-corrected chi connectivity index (χ2v) is 4.62. The molecule has 1 aliphatic heterocycles.